The fourth-order valence-electron chi connectivity index (χ4n) is 2.51. The van der Waals surface area contributed by atoms with Crippen LogP contribution in [0.4, 0.5) is 5.69 Å². The minimum Gasteiger partial charge on any atom is -0.491 e. The van der Waals surface area contributed by atoms with Crippen LogP contribution in [0.15, 0.2) is 48.5 Å². The molecule has 1 fully saturated rings. The minimum atomic E-state index is -0.122. The molecule has 1 heterocycles. The maximum absolute atomic E-state index is 12.5. The topological polar surface area (TPSA) is 50.9 Å². The monoisotopic (exact) mass is 325 g/mol. The fraction of sp³-hybridized carbons (Fsp3) is 0.350. The van der Waals surface area contributed by atoms with Crippen molar-refractivity contribution < 1.29 is 14.3 Å². The van der Waals surface area contributed by atoms with Crippen molar-refractivity contribution >= 4 is 11.6 Å². The third-order valence-electron chi connectivity index (χ3n) is 3.92. The van der Waals surface area contributed by atoms with Crippen molar-refractivity contribution in [1.82, 2.24) is 0 Å². The van der Waals surface area contributed by atoms with Crippen molar-refractivity contribution in [2.45, 2.75) is 32.3 Å². The Labute approximate surface area is 142 Å². The van der Waals surface area contributed by atoms with Crippen LogP contribution in [0, 0.1) is 0 Å². The molecule has 1 atom stereocenters. The van der Waals surface area contributed by atoms with E-state index in [1.807, 2.05) is 36.4 Å². The van der Waals surface area contributed by atoms with Gasteiger partial charge in [0.05, 0.1) is 6.61 Å². The molecule has 4 nitrogen and oxygen atoms in total. The van der Waals surface area contributed by atoms with Crippen LogP contribution < -0.4 is 10.1 Å². The summed E-state index contributed by atoms with van der Waals surface area (Å²) in [5.41, 5.74) is 2.40. The second-order valence-corrected chi connectivity index (χ2v) is 7.04. The van der Waals surface area contributed by atoms with Gasteiger partial charge in [0, 0.05) is 17.3 Å². The molecule has 2 aromatic rings. The number of epoxide rings is 1. The zero-order valence-corrected chi connectivity index (χ0v) is 14.3. The highest BCUT2D eigenvalue weighted by atomic mass is 16.6. The molecule has 2 aromatic carbocycles. The Morgan fingerprint density at radius 1 is 1.21 bits per heavy atom. The van der Waals surface area contributed by atoms with Crippen LogP contribution in [0.25, 0.3) is 0 Å². The van der Waals surface area contributed by atoms with Gasteiger partial charge in [0.25, 0.3) is 5.91 Å². The van der Waals surface area contributed by atoms with Gasteiger partial charge < -0.3 is 14.8 Å². The van der Waals surface area contributed by atoms with E-state index in [-0.39, 0.29) is 17.4 Å². The first kappa shape index (κ1) is 16.5. The standard InChI is InChI=1S/C20H23NO3/c1-20(2,3)17-10-9-15(23-12-16-13-24-16)11-18(17)21-19(22)14-7-5-4-6-8-14/h4-11,16H,12-13H2,1-3H3,(H,21,22). The third kappa shape index (κ3) is 4.15. The van der Waals surface area contributed by atoms with E-state index in [0.29, 0.717) is 12.2 Å². The Hall–Kier alpha value is -2.33. The molecular formula is C20H23NO3. The molecule has 1 unspecified atom stereocenters. The fourth-order valence-corrected chi connectivity index (χ4v) is 2.51. The summed E-state index contributed by atoms with van der Waals surface area (Å²) in [5, 5.41) is 3.03. The van der Waals surface area contributed by atoms with E-state index in [2.05, 4.69) is 26.1 Å². The Morgan fingerprint density at radius 3 is 2.54 bits per heavy atom. The number of carbonyl (C=O) groups excluding carboxylic acids is 1. The lowest BCUT2D eigenvalue weighted by atomic mass is 9.85. The van der Waals surface area contributed by atoms with Crippen LogP contribution in [0.1, 0.15) is 36.7 Å². The highest BCUT2D eigenvalue weighted by molar-refractivity contribution is 6.04. The molecule has 0 saturated carbocycles. The highest BCUT2D eigenvalue weighted by Gasteiger charge is 2.24. The lowest BCUT2D eigenvalue weighted by molar-refractivity contribution is 0.102. The molecule has 3 rings (SSSR count). The SMILES string of the molecule is CC(C)(C)c1ccc(OCC2CO2)cc1NC(=O)c1ccccc1. The first-order valence-electron chi connectivity index (χ1n) is 8.19. The summed E-state index contributed by atoms with van der Waals surface area (Å²) in [6.07, 6.45) is 0.203. The largest absolute Gasteiger partial charge is 0.491 e. The number of rotatable bonds is 5. The van der Waals surface area contributed by atoms with Gasteiger partial charge in [0.2, 0.25) is 0 Å². The van der Waals surface area contributed by atoms with Gasteiger partial charge in [-0.15, -0.1) is 0 Å². The number of anilines is 1. The number of amides is 1. The Morgan fingerprint density at radius 2 is 1.92 bits per heavy atom. The van der Waals surface area contributed by atoms with Crippen molar-refractivity contribution in [3.8, 4) is 5.75 Å². The average molecular weight is 325 g/mol. The normalized spacial score (nSPS) is 16.5. The molecule has 4 heteroatoms. The molecule has 0 aliphatic carbocycles. The van der Waals surface area contributed by atoms with Gasteiger partial charge >= 0.3 is 0 Å². The van der Waals surface area contributed by atoms with Gasteiger partial charge in [-0.05, 0) is 29.2 Å². The van der Waals surface area contributed by atoms with Gasteiger partial charge in [-0.25, -0.2) is 0 Å². The van der Waals surface area contributed by atoms with Gasteiger partial charge in [-0.1, -0.05) is 45.0 Å². The van der Waals surface area contributed by atoms with Crippen LogP contribution >= 0.6 is 0 Å². The van der Waals surface area contributed by atoms with E-state index in [1.165, 1.54) is 0 Å². The quantitative estimate of drug-likeness (QED) is 0.845. The summed E-state index contributed by atoms with van der Waals surface area (Å²) >= 11 is 0. The predicted octanol–water partition coefficient (Wildman–Crippen LogP) is 4.01. The lowest BCUT2D eigenvalue weighted by Gasteiger charge is -2.24. The van der Waals surface area contributed by atoms with Crippen LogP contribution in [0.3, 0.4) is 0 Å². The van der Waals surface area contributed by atoms with E-state index in [9.17, 15) is 4.79 Å². The molecule has 1 N–H and O–H groups in total. The van der Waals surface area contributed by atoms with Gasteiger partial charge in [0.15, 0.2) is 0 Å². The molecule has 0 spiro atoms. The van der Waals surface area contributed by atoms with E-state index in [4.69, 9.17) is 9.47 Å². The number of ether oxygens (including phenoxy) is 2. The Kier molecular flexibility index (Phi) is 4.58. The zero-order valence-electron chi connectivity index (χ0n) is 14.3. The molecule has 1 saturated heterocycles. The Bertz CT molecular complexity index is 715. The first-order valence-corrected chi connectivity index (χ1v) is 8.19. The van der Waals surface area contributed by atoms with Crippen molar-refractivity contribution in [1.29, 1.82) is 0 Å². The molecule has 0 bridgehead atoms. The molecule has 1 aliphatic rings. The molecule has 0 aromatic heterocycles. The number of nitrogens with one attached hydrogen (secondary N) is 1. The van der Waals surface area contributed by atoms with Crippen molar-refractivity contribution in [2.24, 2.45) is 0 Å². The zero-order chi connectivity index (χ0) is 17.2. The second-order valence-electron chi connectivity index (χ2n) is 7.04. The van der Waals surface area contributed by atoms with E-state index < -0.39 is 0 Å². The predicted molar refractivity (Wildman–Crippen MR) is 94.8 cm³/mol. The van der Waals surface area contributed by atoms with Gasteiger partial charge in [-0.2, -0.15) is 0 Å². The molecule has 1 amide bonds. The van der Waals surface area contributed by atoms with Crippen LogP contribution in [-0.2, 0) is 10.2 Å². The smallest absolute Gasteiger partial charge is 0.255 e. The maximum Gasteiger partial charge on any atom is 0.255 e. The van der Waals surface area contributed by atoms with Crippen molar-refractivity contribution in [2.75, 3.05) is 18.5 Å². The summed E-state index contributed by atoms with van der Waals surface area (Å²) in [4.78, 5) is 12.5. The molecule has 24 heavy (non-hydrogen) atoms. The summed E-state index contributed by atoms with van der Waals surface area (Å²) in [7, 11) is 0. The summed E-state index contributed by atoms with van der Waals surface area (Å²) in [6, 6.07) is 15.1. The highest BCUT2D eigenvalue weighted by Crippen LogP contribution is 2.33. The van der Waals surface area contributed by atoms with Crippen molar-refractivity contribution in [3.63, 3.8) is 0 Å². The molecule has 1 aliphatic heterocycles. The third-order valence-corrected chi connectivity index (χ3v) is 3.92. The van der Waals surface area contributed by atoms with E-state index in [1.54, 1.807) is 12.1 Å². The number of hydrogen-bond donors (Lipinski definition) is 1. The molecule has 126 valence electrons. The average Bonchev–Trinajstić information content (AvgIpc) is 3.37. The number of benzene rings is 2. The van der Waals surface area contributed by atoms with Gasteiger partial charge in [0.1, 0.15) is 18.5 Å². The number of carbonyl (C=O) groups is 1. The summed E-state index contributed by atoms with van der Waals surface area (Å²) < 4.78 is 10.9. The van der Waals surface area contributed by atoms with Crippen LogP contribution in [0.5, 0.6) is 5.75 Å². The van der Waals surface area contributed by atoms with E-state index >= 15 is 0 Å². The summed E-state index contributed by atoms with van der Waals surface area (Å²) in [5.74, 6) is 0.616. The van der Waals surface area contributed by atoms with Crippen LogP contribution in [0.2, 0.25) is 0 Å². The van der Waals surface area contributed by atoms with E-state index in [0.717, 1.165) is 23.6 Å². The molecule has 0 radical (unpaired) electrons. The minimum absolute atomic E-state index is 0.0859. The number of hydrogen-bond acceptors (Lipinski definition) is 3. The second kappa shape index (κ2) is 6.65. The maximum atomic E-state index is 12.5. The summed E-state index contributed by atoms with van der Waals surface area (Å²) in [6.45, 7) is 7.68. The van der Waals surface area contributed by atoms with Crippen molar-refractivity contribution in [3.05, 3.63) is 59.7 Å². The van der Waals surface area contributed by atoms with Gasteiger partial charge in [-0.3, -0.25) is 4.79 Å². The lowest BCUT2D eigenvalue weighted by Crippen LogP contribution is -2.19. The molecular weight excluding hydrogens is 302 g/mol. The Balaban J connectivity index is 1.84. The van der Waals surface area contributed by atoms with Crippen LogP contribution in [-0.4, -0.2) is 25.2 Å². The first-order chi connectivity index (χ1) is 11.4.